The first-order valence-electron chi connectivity index (χ1n) is 7.32. The number of hydrogen-bond donors (Lipinski definition) is 0. The summed E-state index contributed by atoms with van der Waals surface area (Å²) < 4.78 is 27.4. The number of piperazine rings is 1. The van der Waals surface area contributed by atoms with Crippen LogP contribution in [0.4, 0.5) is 0 Å². The second kappa shape index (κ2) is 6.26. The van der Waals surface area contributed by atoms with E-state index in [9.17, 15) is 13.2 Å². The van der Waals surface area contributed by atoms with Crippen molar-refractivity contribution in [3.63, 3.8) is 0 Å². The Balaban J connectivity index is 1.68. The van der Waals surface area contributed by atoms with E-state index < -0.39 is 10.0 Å². The standard InChI is InChI=1S/C15H18BrN3O3S/c1-23(21,22)19-8-6-17(7-9-19)15(20)11-18-5-4-12-10-13(16)2-3-14(12)18/h2-5,10H,6-9,11H2,1H3. The van der Waals surface area contributed by atoms with Crippen LogP contribution in [0.25, 0.3) is 10.9 Å². The average molecular weight is 400 g/mol. The molecular weight excluding hydrogens is 382 g/mol. The van der Waals surface area contributed by atoms with E-state index in [0.717, 1.165) is 15.4 Å². The SMILES string of the molecule is CS(=O)(=O)N1CCN(C(=O)Cn2ccc3cc(Br)ccc32)CC1. The van der Waals surface area contributed by atoms with E-state index in [2.05, 4.69) is 15.9 Å². The van der Waals surface area contributed by atoms with Crippen molar-refractivity contribution >= 4 is 42.8 Å². The maximum absolute atomic E-state index is 12.5. The average Bonchev–Trinajstić information content (AvgIpc) is 2.88. The Kier molecular flexibility index (Phi) is 4.48. The van der Waals surface area contributed by atoms with Gasteiger partial charge in [-0.1, -0.05) is 15.9 Å². The van der Waals surface area contributed by atoms with Crippen molar-refractivity contribution in [1.82, 2.24) is 13.8 Å². The number of aromatic nitrogens is 1. The van der Waals surface area contributed by atoms with Crippen LogP contribution in [-0.4, -0.2) is 60.5 Å². The number of sulfonamides is 1. The smallest absolute Gasteiger partial charge is 0.242 e. The Hall–Kier alpha value is -1.38. The molecule has 1 aromatic carbocycles. The predicted octanol–water partition coefficient (Wildman–Crippen LogP) is 1.51. The highest BCUT2D eigenvalue weighted by atomic mass is 79.9. The molecule has 1 amide bonds. The highest BCUT2D eigenvalue weighted by molar-refractivity contribution is 9.10. The van der Waals surface area contributed by atoms with E-state index in [-0.39, 0.29) is 12.5 Å². The Bertz CT molecular complexity index is 839. The molecule has 0 saturated carbocycles. The fourth-order valence-electron chi connectivity index (χ4n) is 2.82. The Morgan fingerprint density at radius 1 is 1.17 bits per heavy atom. The summed E-state index contributed by atoms with van der Waals surface area (Å²) in [5, 5.41) is 1.08. The predicted molar refractivity (Wildman–Crippen MR) is 92.6 cm³/mol. The zero-order chi connectivity index (χ0) is 16.6. The van der Waals surface area contributed by atoms with Crippen LogP contribution < -0.4 is 0 Å². The largest absolute Gasteiger partial charge is 0.339 e. The van der Waals surface area contributed by atoms with E-state index >= 15 is 0 Å². The van der Waals surface area contributed by atoms with Crippen LogP contribution in [0.5, 0.6) is 0 Å². The van der Waals surface area contributed by atoms with E-state index in [0.29, 0.717) is 26.2 Å². The lowest BCUT2D eigenvalue weighted by molar-refractivity contribution is -0.132. The molecule has 1 fully saturated rings. The first kappa shape index (κ1) is 16.5. The Labute approximate surface area is 143 Å². The van der Waals surface area contributed by atoms with Gasteiger partial charge in [-0.05, 0) is 24.3 Å². The minimum Gasteiger partial charge on any atom is -0.339 e. The minimum atomic E-state index is -3.17. The molecule has 0 bridgehead atoms. The summed E-state index contributed by atoms with van der Waals surface area (Å²) in [6.07, 6.45) is 3.11. The topological polar surface area (TPSA) is 62.6 Å². The van der Waals surface area contributed by atoms with Crippen molar-refractivity contribution < 1.29 is 13.2 Å². The van der Waals surface area contributed by atoms with Gasteiger partial charge in [0.2, 0.25) is 15.9 Å². The molecule has 0 unspecified atom stereocenters. The van der Waals surface area contributed by atoms with Crippen molar-refractivity contribution in [1.29, 1.82) is 0 Å². The van der Waals surface area contributed by atoms with Crippen LogP contribution >= 0.6 is 15.9 Å². The van der Waals surface area contributed by atoms with E-state index in [1.807, 2.05) is 35.0 Å². The normalized spacial score (nSPS) is 16.9. The van der Waals surface area contributed by atoms with Gasteiger partial charge in [0.15, 0.2) is 0 Å². The van der Waals surface area contributed by atoms with Gasteiger partial charge < -0.3 is 9.47 Å². The maximum atomic E-state index is 12.5. The molecule has 2 heterocycles. The third-order valence-electron chi connectivity index (χ3n) is 4.10. The first-order valence-corrected chi connectivity index (χ1v) is 9.96. The number of hydrogen-bond acceptors (Lipinski definition) is 3. The molecule has 0 spiro atoms. The van der Waals surface area contributed by atoms with E-state index in [1.54, 1.807) is 4.90 Å². The fraction of sp³-hybridized carbons (Fsp3) is 0.400. The fourth-order valence-corrected chi connectivity index (χ4v) is 4.03. The van der Waals surface area contributed by atoms with Crippen molar-refractivity contribution in [2.24, 2.45) is 0 Å². The quantitative estimate of drug-likeness (QED) is 0.785. The van der Waals surface area contributed by atoms with E-state index in [1.165, 1.54) is 10.6 Å². The second-order valence-corrected chi connectivity index (χ2v) is 8.59. The van der Waals surface area contributed by atoms with Gasteiger partial charge in [0.05, 0.1) is 6.26 Å². The molecule has 1 aliphatic heterocycles. The van der Waals surface area contributed by atoms with Gasteiger partial charge in [-0.15, -0.1) is 0 Å². The number of benzene rings is 1. The molecule has 1 aliphatic rings. The highest BCUT2D eigenvalue weighted by Gasteiger charge is 2.26. The number of rotatable bonds is 3. The van der Waals surface area contributed by atoms with Crippen LogP contribution in [0.15, 0.2) is 34.9 Å². The lowest BCUT2D eigenvalue weighted by Gasteiger charge is -2.33. The highest BCUT2D eigenvalue weighted by Crippen LogP contribution is 2.21. The zero-order valence-corrected chi connectivity index (χ0v) is 15.2. The minimum absolute atomic E-state index is 0.0126. The maximum Gasteiger partial charge on any atom is 0.242 e. The number of halogens is 1. The number of carbonyl (C=O) groups is 1. The molecule has 1 saturated heterocycles. The van der Waals surface area contributed by atoms with Crippen molar-refractivity contribution in [3.8, 4) is 0 Å². The summed E-state index contributed by atoms with van der Waals surface area (Å²) in [4.78, 5) is 14.2. The third-order valence-corrected chi connectivity index (χ3v) is 5.90. The summed E-state index contributed by atoms with van der Waals surface area (Å²) in [6, 6.07) is 7.93. The zero-order valence-electron chi connectivity index (χ0n) is 12.8. The van der Waals surface area contributed by atoms with Crippen LogP contribution in [0, 0.1) is 0 Å². The molecule has 6 nitrogen and oxygen atoms in total. The molecule has 2 aromatic rings. The third kappa shape index (κ3) is 3.59. The molecule has 8 heteroatoms. The Morgan fingerprint density at radius 2 is 1.87 bits per heavy atom. The lowest BCUT2D eigenvalue weighted by atomic mass is 10.2. The number of fused-ring (bicyclic) bond motifs is 1. The monoisotopic (exact) mass is 399 g/mol. The molecule has 124 valence electrons. The molecule has 3 rings (SSSR count). The van der Waals surface area contributed by atoms with Crippen LogP contribution in [0.2, 0.25) is 0 Å². The summed E-state index contributed by atoms with van der Waals surface area (Å²) >= 11 is 3.44. The molecule has 0 atom stereocenters. The van der Waals surface area contributed by atoms with Gasteiger partial charge in [0.1, 0.15) is 6.54 Å². The van der Waals surface area contributed by atoms with Gasteiger partial charge >= 0.3 is 0 Å². The molecule has 23 heavy (non-hydrogen) atoms. The van der Waals surface area contributed by atoms with Crippen molar-refractivity contribution in [2.45, 2.75) is 6.54 Å². The molecule has 1 aromatic heterocycles. The molecular formula is C15H18BrN3O3S. The summed E-state index contributed by atoms with van der Waals surface area (Å²) in [5.41, 5.74) is 1.01. The Morgan fingerprint density at radius 3 is 2.52 bits per heavy atom. The summed E-state index contributed by atoms with van der Waals surface area (Å²) in [6.45, 7) is 1.88. The molecule has 0 aliphatic carbocycles. The number of carbonyl (C=O) groups excluding carboxylic acids is 1. The van der Waals surface area contributed by atoms with E-state index in [4.69, 9.17) is 0 Å². The number of amides is 1. The molecule has 0 N–H and O–H groups in total. The van der Waals surface area contributed by atoms with Crippen molar-refractivity contribution in [3.05, 3.63) is 34.9 Å². The van der Waals surface area contributed by atoms with Gasteiger partial charge in [0, 0.05) is 47.8 Å². The second-order valence-electron chi connectivity index (χ2n) is 5.69. The lowest BCUT2D eigenvalue weighted by Crippen LogP contribution is -2.50. The van der Waals surface area contributed by atoms with Crippen LogP contribution in [0.3, 0.4) is 0 Å². The van der Waals surface area contributed by atoms with Gasteiger partial charge in [-0.25, -0.2) is 8.42 Å². The van der Waals surface area contributed by atoms with Gasteiger partial charge in [-0.3, -0.25) is 4.79 Å². The first-order chi connectivity index (χ1) is 10.8. The van der Waals surface area contributed by atoms with Crippen LogP contribution in [-0.2, 0) is 21.4 Å². The van der Waals surface area contributed by atoms with Crippen molar-refractivity contribution in [2.75, 3.05) is 32.4 Å². The summed E-state index contributed by atoms with van der Waals surface area (Å²) in [5.74, 6) is 0.0126. The molecule has 0 radical (unpaired) electrons. The van der Waals surface area contributed by atoms with Gasteiger partial charge in [0.25, 0.3) is 0 Å². The van der Waals surface area contributed by atoms with Gasteiger partial charge in [-0.2, -0.15) is 4.31 Å². The summed E-state index contributed by atoms with van der Waals surface area (Å²) in [7, 11) is -3.17. The van der Waals surface area contributed by atoms with Crippen LogP contribution in [0.1, 0.15) is 0 Å². The number of nitrogens with zero attached hydrogens (tertiary/aromatic N) is 3.